The molecule has 4 aliphatic rings. The minimum absolute atomic E-state index is 0.0431. The van der Waals surface area contributed by atoms with Crippen molar-refractivity contribution < 1.29 is 34.8 Å². The maximum atomic E-state index is 14.0. The highest BCUT2D eigenvalue weighted by Crippen LogP contribution is 2.53. The minimum Gasteiger partial charge on any atom is -0.508 e. The number of primary amides is 1. The Balaban J connectivity index is 1.61. The van der Waals surface area contributed by atoms with Crippen LogP contribution in [0.5, 0.6) is 5.75 Å². The van der Waals surface area contributed by atoms with E-state index in [1.165, 1.54) is 7.05 Å². The Morgan fingerprint density at radius 3 is 2.44 bits per heavy atom. The van der Waals surface area contributed by atoms with Gasteiger partial charge >= 0.3 is 0 Å². The Hall–Kier alpha value is -3.45. The number of nitrogens with zero attached hydrogens (tertiary/aromatic N) is 2. The Labute approximate surface area is 238 Å². The molecule has 8 N–H and O–H groups in total. The number of phenolic OH excluding ortho intramolecular Hbond substituents is 1. The number of ketones is 2. The van der Waals surface area contributed by atoms with E-state index >= 15 is 0 Å². The molecule has 0 aromatic heterocycles. The molecule has 1 heterocycles. The van der Waals surface area contributed by atoms with Crippen molar-refractivity contribution in [3.8, 4) is 5.75 Å². The molecule has 222 valence electrons. The van der Waals surface area contributed by atoms with E-state index in [-0.39, 0.29) is 35.8 Å². The van der Waals surface area contributed by atoms with Gasteiger partial charge in [0, 0.05) is 49.4 Å². The van der Waals surface area contributed by atoms with Crippen molar-refractivity contribution in [1.82, 2.24) is 15.5 Å². The van der Waals surface area contributed by atoms with E-state index < -0.39 is 58.0 Å². The van der Waals surface area contributed by atoms with Gasteiger partial charge in [-0.3, -0.25) is 14.4 Å². The van der Waals surface area contributed by atoms with E-state index in [1.807, 2.05) is 25.1 Å². The molecule has 41 heavy (non-hydrogen) atoms. The van der Waals surface area contributed by atoms with Crippen molar-refractivity contribution in [1.29, 1.82) is 0 Å². The molecule has 1 amide bonds. The number of amides is 1. The van der Waals surface area contributed by atoms with Gasteiger partial charge in [0.15, 0.2) is 11.4 Å². The van der Waals surface area contributed by atoms with Gasteiger partial charge in [0.25, 0.3) is 5.91 Å². The van der Waals surface area contributed by atoms with Crippen LogP contribution in [0.3, 0.4) is 0 Å². The molecule has 12 nitrogen and oxygen atoms in total. The number of fused-ring (bicyclic) bond motifs is 3. The summed E-state index contributed by atoms with van der Waals surface area (Å²) < 4.78 is 0. The molecule has 0 bridgehead atoms. The lowest BCUT2D eigenvalue weighted by Gasteiger charge is -2.49. The molecule has 12 heteroatoms. The van der Waals surface area contributed by atoms with Crippen molar-refractivity contribution in [3.63, 3.8) is 0 Å². The first-order valence-corrected chi connectivity index (χ1v) is 13.9. The fourth-order valence-corrected chi connectivity index (χ4v) is 7.11. The van der Waals surface area contributed by atoms with Crippen molar-refractivity contribution in [3.05, 3.63) is 39.7 Å². The van der Waals surface area contributed by atoms with Gasteiger partial charge < -0.3 is 46.6 Å². The number of aliphatic hydroxyl groups excluding tert-OH is 2. The molecule has 0 radical (unpaired) electrons. The molecule has 1 aliphatic heterocycles. The predicted octanol–water partition coefficient (Wildman–Crippen LogP) is -0.128. The van der Waals surface area contributed by atoms with Gasteiger partial charge in [0.1, 0.15) is 22.8 Å². The number of likely N-dealkylation sites (N-methyl/N-ethyl adjacent to an activating group) is 1. The van der Waals surface area contributed by atoms with Crippen LogP contribution in [0.1, 0.15) is 36.0 Å². The molecule has 1 aromatic carbocycles. The first kappa shape index (κ1) is 29.1. The number of rotatable bonds is 6. The number of nitrogens with two attached hydrogens (primary N) is 1. The van der Waals surface area contributed by atoms with Crippen LogP contribution in [-0.4, -0.2) is 102 Å². The van der Waals surface area contributed by atoms with Gasteiger partial charge in [0.2, 0.25) is 5.78 Å². The first-order chi connectivity index (χ1) is 19.3. The van der Waals surface area contributed by atoms with E-state index in [9.17, 15) is 34.8 Å². The number of Topliss-reactive ketones (excluding diaryl/α,β-unsaturated/α-hetero) is 2. The van der Waals surface area contributed by atoms with Crippen LogP contribution in [0.2, 0.25) is 0 Å². The summed E-state index contributed by atoms with van der Waals surface area (Å²) in [4.78, 5) is 43.2. The second-order valence-corrected chi connectivity index (χ2v) is 11.9. The normalized spacial score (nSPS) is 28.9. The third-order valence-electron chi connectivity index (χ3n) is 9.35. The van der Waals surface area contributed by atoms with Crippen LogP contribution in [0.15, 0.2) is 23.0 Å². The zero-order valence-electron chi connectivity index (χ0n) is 23.8. The van der Waals surface area contributed by atoms with Crippen LogP contribution in [0, 0.1) is 11.8 Å². The first-order valence-electron chi connectivity index (χ1n) is 13.9. The Bertz CT molecular complexity index is 1380. The summed E-state index contributed by atoms with van der Waals surface area (Å²) in [6.07, 6.45) is 2.22. The molecule has 3 aliphatic carbocycles. The van der Waals surface area contributed by atoms with Crippen LogP contribution in [0.25, 0.3) is 5.76 Å². The van der Waals surface area contributed by atoms with Gasteiger partial charge in [-0.15, -0.1) is 0 Å². The van der Waals surface area contributed by atoms with E-state index in [0.29, 0.717) is 17.7 Å². The van der Waals surface area contributed by atoms with E-state index in [0.717, 1.165) is 31.6 Å². The number of hydrogen-bond donors (Lipinski definition) is 7. The molecule has 1 aromatic rings. The lowest BCUT2D eigenvalue weighted by atomic mass is 9.57. The number of benzene rings is 1. The van der Waals surface area contributed by atoms with Crippen molar-refractivity contribution in [2.75, 3.05) is 46.2 Å². The van der Waals surface area contributed by atoms with Crippen molar-refractivity contribution >= 4 is 28.9 Å². The highest BCUT2D eigenvalue weighted by atomic mass is 16.3. The summed E-state index contributed by atoms with van der Waals surface area (Å²) in [6, 6.07) is 0.987. The number of aromatic hydroxyl groups is 1. The number of phenols is 1. The number of aliphatic hydroxyl groups is 3. The lowest BCUT2D eigenvalue weighted by molar-refractivity contribution is -0.150. The molecule has 2 fully saturated rings. The minimum atomic E-state index is -2.66. The summed E-state index contributed by atoms with van der Waals surface area (Å²) in [5, 5.41) is 51.9. The number of nitrogens with one attached hydrogen (secondary N) is 2. The summed E-state index contributed by atoms with van der Waals surface area (Å²) in [6.45, 7) is 2.28. The van der Waals surface area contributed by atoms with E-state index in [1.54, 1.807) is 0 Å². The van der Waals surface area contributed by atoms with Crippen LogP contribution in [-0.2, 0) is 27.3 Å². The number of piperidine rings is 1. The second kappa shape index (κ2) is 10.4. The Kier molecular flexibility index (Phi) is 7.39. The maximum absolute atomic E-state index is 14.0. The zero-order valence-corrected chi connectivity index (χ0v) is 23.8. The smallest absolute Gasteiger partial charge is 0.255 e. The van der Waals surface area contributed by atoms with Gasteiger partial charge in [-0.2, -0.15) is 0 Å². The van der Waals surface area contributed by atoms with Crippen molar-refractivity contribution in [2.45, 2.75) is 49.9 Å². The number of anilines is 1. The number of likely N-dealkylation sites (tertiary alicyclic amines) is 1. The van der Waals surface area contributed by atoms with Crippen molar-refractivity contribution in [2.24, 2.45) is 17.6 Å². The van der Waals surface area contributed by atoms with Gasteiger partial charge in [-0.25, -0.2) is 0 Å². The topological polar surface area (TPSA) is 189 Å². The third kappa shape index (κ3) is 4.40. The maximum Gasteiger partial charge on any atom is 0.255 e. The predicted molar refractivity (Wildman–Crippen MR) is 151 cm³/mol. The number of carbonyl (C=O) groups excluding carboxylic acids is 3. The van der Waals surface area contributed by atoms with E-state index in [2.05, 4.69) is 22.6 Å². The molecule has 0 spiro atoms. The molecule has 1 saturated heterocycles. The molecular weight excluding hydrogens is 530 g/mol. The quantitative estimate of drug-likeness (QED) is 0.226. The molecule has 5 rings (SSSR count). The fraction of sp³-hybridized carbons (Fsp3) is 0.552. The van der Waals surface area contributed by atoms with Gasteiger partial charge in [-0.1, -0.05) is 0 Å². The molecule has 0 unspecified atom stereocenters. The summed E-state index contributed by atoms with van der Waals surface area (Å²) in [5.74, 6) is -6.58. The standard InChI is InChI=1S/C29H39N5O7/c1-31-22-17-10-13-9-16-18(33(2)3)11-14(12-32-15-5-7-34(4)8-6-15)23(35)20(16)24(36)19(13)26(38)29(17,41)27(39)21(25(22)37)28(30)40/h11,13,15,17,22,31-32,35-36,39,41H,5-10,12H2,1-4H3,(H2,30,40)/t13-,17-,22-,29-/m0/s1. The van der Waals surface area contributed by atoms with Gasteiger partial charge in [0.05, 0.1) is 11.6 Å². The molecule has 1 saturated carbocycles. The molecular formula is C29H39N5O7. The highest BCUT2D eigenvalue weighted by Gasteiger charge is 2.63. The van der Waals surface area contributed by atoms with Crippen LogP contribution >= 0.6 is 0 Å². The average molecular weight is 570 g/mol. The van der Waals surface area contributed by atoms with Gasteiger partial charge in [-0.05, 0) is 70.4 Å². The fourth-order valence-electron chi connectivity index (χ4n) is 7.11. The molecule has 4 atom stereocenters. The van der Waals surface area contributed by atoms with E-state index in [4.69, 9.17) is 5.73 Å². The Morgan fingerprint density at radius 2 is 1.85 bits per heavy atom. The lowest BCUT2D eigenvalue weighted by Crippen LogP contribution is -2.65. The van der Waals surface area contributed by atoms with Crippen LogP contribution in [0.4, 0.5) is 5.69 Å². The Morgan fingerprint density at radius 1 is 1.20 bits per heavy atom. The summed E-state index contributed by atoms with van der Waals surface area (Å²) in [7, 11) is 7.24. The summed E-state index contributed by atoms with van der Waals surface area (Å²) in [5.41, 5.74) is 3.75. The second-order valence-electron chi connectivity index (χ2n) is 11.9. The zero-order chi connectivity index (χ0) is 30.0. The number of hydrogen-bond acceptors (Lipinski definition) is 11. The van der Waals surface area contributed by atoms with Crippen LogP contribution < -0.4 is 21.3 Å². The summed E-state index contributed by atoms with van der Waals surface area (Å²) >= 11 is 0. The largest absolute Gasteiger partial charge is 0.508 e. The SMILES string of the molecule is CN[C@@H]1C(=O)C(C(N)=O)=C(O)[C@@]2(O)C(=O)C3=C(O)c4c(O)c(CNC5CCN(C)CC5)cc(N(C)C)c4C[C@H]3C[C@@H]12. The highest BCUT2D eigenvalue weighted by molar-refractivity contribution is 6.24. The number of carbonyl (C=O) groups is 3. The monoisotopic (exact) mass is 569 g/mol. The average Bonchev–Trinajstić information content (AvgIpc) is 2.91. The third-order valence-corrected chi connectivity index (χ3v) is 9.35.